The van der Waals surface area contributed by atoms with Crippen molar-refractivity contribution in [2.24, 2.45) is 0 Å². The number of nitrogens with one attached hydrogen (secondary N) is 2. The summed E-state index contributed by atoms with van der Waals surface area (Å²) in [5.41, 5.74) is 1.27. The van der Waals surface area contributed by atoms with Gasteiger partial charge in [0.25, 0.3) is 5.91 Å². The van der Waals surface area contributed by atoms with Crippen LogP contribution in [0.4, 0.5) is 5.69 Å². The maximum absolute atomic E-state index is 12.2. The number of hydrogen-bond acceptors (Lipinski definition) is 4. The lowest BCUT2D eigenvalue weighted by atomic mass is 10.2. The van der Waals surface area contributed by atoms with Gasteiger partial charge < -0.3 is 19.6 Å². The average Bonchev–Trinajstić information content (AvgIpc) is 3.28. The lowest BCUT2D eigenvalue weighted by molar-refractivity contribution is -0.117. The Labute approximate surface area is 148 Å². The van der Waals surface area contributed by atoms with Crippen LogP contribution in [0.25, 0.3) is 5.69 Å². The molecule has 0 aliphatic heterocycles. The van der Waals surface area contributed by atoms with Crippen molar-refractivity contribution in [2.45, 2.75) is 13.0 Å². The van der Waals surface area contributed by atoms with Gasteiger partial charge >= 0.3 is 0 Å². The van der Waals surface area contributed by atoms with Gasteiger partial charge in [-0.25, -0.2) is 4.98 Å². The van der Waals surface area contributed by atoms with Crippen molar-refractivity contribution in [2.75, 3.05) is 5.32 Å². The molecule has 25 heavy (non-hydrogen) atoms. The molecule has 0 radical (unpaired) electrons. The summed E-state index contributed by atoms with van der Waals surface area (Å²) in [7, 11) is 0. The van der Waals surface area contributed by atoms with Gasteiger partial charge in [-0.1, -0.05) is 11.6 Å². The number of imidazole rings is 1. The molecule has 0 spiro atoms. The Bertz CT molecular complexity index is 875. The molecule has 8 heteroatoms. The van der Waals surface area contributed by atoms with Gasteiger partial charge in [0.05, 0.1) is 23.3 Å². The Morgan fingerprint density at radius 3 is 2.80 bits per heavy atom. The maximum atomic E-state index is 12.2. The van der Waals surface area contributed by atoms with Crippen LogP contribution in [0.1, 0.15) is 17.5 Å². The Hall–Kier alpha value is -3.06. The molecule has 1 atom stereocenters. The molecule has 2 aromatic heterocycles. The first kappa shape index (κ1) is 16.8. The van der Waals surface area contributed by atoms with E-state index in [1.807, 2.05) is 0 Å². The van der Waals surface area contributed by atoms with Crippen LogP contribution in [0.5, 0.6) is 0 Å². The van der Waals surface area contributed by atoms with E-state index >= 15 is 0 Å². The Kier molecular flexibility index (Phi) is 4.85. The minimum atomic E-state index is -0.746. The van der Waals surface area contributed by atoms with Crippen LogP contribution >= 0.6 is 11.6 Å². The molecule has 1 aromatic carbocycles. The third-order valence-electron chi connectivity index (χ3n) is 3.48. The summed E-state index contributed by atoms with van der Waals surface area (Å²) < 4.78 is 6.75. The van der Waals surface area contributed by atoms with E-state index in [0.29, 0.717) is 10.7 Å². The summed E-state index contributed by atoms with van der Waals surface area (Å²) >= 11 is 6.25. The molecule has 0 aliphatic carbocycles. The molecular formula is C17H15ClN4O3. The molecule has 3 rings (SSSR count). The van der Waals surface area contributed by atoms with E-state index in [1.165, 1.54) is 12.3 Å². The summed E-state index contributed by atoms with van der Waals surface area (Å²) in [5, 5.41) is 5.73. The van der Waals surface area contributed by atoms with Gasteiger partial charge in [-0.05, 0) is 37.3 Å². The fourth-order valence-electron chi connectivity index (χ4n) is 2.19. The molecule has 128 valence electrons. The van der Waals surface area contributed by atoms with Crippen molar-refractivity contribution >= 4 is 29.1 Å². The highest BCUT2D eigenvalue weighted by Gasteiger charge is 2.18. The van der Waals surface area contributed by atoms with E-state index in [4.69, 9.17) is 16.0 Å². The third-order valence-corrected chi connectivity index (χ3v) is 3.79. The predicted molar refractivity (Wildman–Crippen MR) is 92.8 cm³/mol. The second-order valence-corrected chi connectivity index (χ2v) is 5.71. The van der Waals surface area contributed by atoms with Crippen molar-refractivity contribution in [1.29, 1.82) is 0 Å². The van der Waals surface area contributed by atoms with Crippen LogP contribution in [0.2, 0.25) is 5.02 Å². The maximum Gasteiger partial charge on any atom is 0.287 e. The summed E-state index contributed by atoms with van der Waals surface area (Å²) in [6.45, 7) is 1.58. The lowest BCUT2D eigenvalue weighted by Crippen LogP contribution is -2.41. The standard InChI is InChI=1S/C17H15ClN4O3/c1-11(20-17(24)15-3-2-8-25-15)16(23)21-12-4-5-14(13(18)9-12)22-7-6-19-10-22/h2-11H,1H3,(H,20,24)(H,21,23). The van der Waals surface area contributed by atoms with Crippen molar-refractivity contribution in [1.82, 2.24) is 14.9 Å². The van der Waals surface area contributed by atoms with E-state index in [0.717, 1.165) is 5.69 Å². The summed E-state index contributed by atoms with van der Waals surface area (Å²) in [5.74, 6) is -0.681. The van der Waals surface area contributed by atoms with Crippen molar-refractivity contribution in [3.63, 3.8) is 0 Å². The molecule has 2 amide bonds. The number of amides is 2. The van der Waals surface area contributed by atoms with Crippen LogP contribution in [0.15, 0.2) is 59.7 Å². The summed E-state index contributed by atoms with van der Waals surface area (Å²) in [6.07, 6.45) is 6.44. The molecule has 0 saturated heterocycles. The van der Waals surface area contributed by atoms with Crippen molar-refractivity contribution in [3.05, 3.63) is 66.1 Å². The van der Waals surface area contributed by atoms with Crippen molar-refractivity contribution < 1.29 is 14.0 Å². The number of anilines is 1. The Morgan fingerprint density at radius 2 is 2.16 bits per heavy atom. The third kappa shape index (κ3) is 3.89. The number of benzene rings is 1. The van der Waals surface area contributed by atoms with Crippen LogP contribution in [-0.4, -0.2) is 27.4 Å². The van der Waals surface area contributed by atoms with E-state index < -0.39 is 11.9 Å². The largest absolute Gasteiger partial charge is 0.459 e. The first-order valence-corrected chi connectivity index (χ1v) is 7.85. The number of furan rings is 1. The second-order valence-electron chi connectivity index (χ2n) is 5.30. The minimum Gasteiger partial charge on any atom is -0.459 e. The highest BCUT2D eigenvalue weighted by molar-refractivity contribution is 6.32. The van der Waals surface area contributed by atoms with Gasteiger partial charge in [-0.15, -0.1) is 0 Å². The molecule has 3 aromatic rings. The molecule has 0 bridgehead atoms. The number of aromatic nitrogens is 2. The molecule has 0 saturated carbocycles. The normalized spacial score (nSPS) is 11.8. The fourth-order valence-corrected chi connectivity index (χ4v) is 2.47. The zero-order valence-corrected chi connectivity index (χ0v) is 14.0. The first-order valence-electron chi connectivity index (χ1n) is 7.47. The highest BCUT2D eigenvalue weighted by Crippen LogP contribution is 2.24. The number of halogens is 1. The van der Waals surface area contributed by atoms with Gasteiger partial charge in [0.2, 0.25) is 5.91 Å². The first-order chi connectivity index (χ1) is 12.0. The van der Waals surface area contributed by atoms with E-state index in [-0.39, 0.29) is 11.7 Å². The SMILES string of the molecule is CC(NC(=O)c1ccco1)C(=O)Nc1ccc(-n2ccnc2)c(Cl)c1. The van der Waals surface area contributed by atoms with Crippen LogP contribution in [0.3, 0.4) is 0 Å². The summed E-state index contributed by atoms with van der Waals surface area (Å²) in [4.78, 5) is 28.1. The lowest BCUT2D eigenvalue weighted by Gasteiger charge is -2.14. The Morgan fingerprint density at radius 1 is 1.32 bits per heavy atom. The number of nitrogens with zero attached hydrogens (tertiary/aromatic N) is 2. The zero-order valence-electron chi connectivity index (χ0n) is 13.3. The molecular weight excluding hydrogens is 344 g/mol. The fraction of sp³-hybridized carbons (Fsp3) is 0.118. The topological polar surface area (TPSA) is 89.2 Å². The number of rotatable bonds is 5. The smallest absolute Gasteiger partial charge is 0.287 e. The highest BCUT2D eigenvalue weighted by atomic mass is 35.5. The predicted octanol–water partition coefficient (Wildman–Crippen LogP) is 2.88. The molecule has 2 heterocycles. The van der Waals surface area contributed by atoms with Crippen LogP contribution in [0, 0.1) is 0 Å². The number of carbonyl (C=O) groups is 2. The monoisotopic (exact) mass is 358 g/mol. The molecule has 2 N–H and O–H groups in total. The van der Waals surface area contributed by atoms with Gasteiger partial charge in [0.1, 0.15) is 6.04 Å². The van der Waals surface area contributed by atoms with Gasteiger partial charge in [0.15, 0.2) is 5.76 Å². The van der Waals surface area contributed by atoms with E-state index in [1.54, 1.807) is 54.5 Å². The number of hydrogen-bond donors (Lipinski definition) is 2. The minimum absolute atomic E-state index is 0.146. The Balaban J connectivity index is 1.64. The molecule has 7 nitrogen and oxygen atoms in total. The molecule has 1 unspecified atom stereocenters. The quantitative estimate of drug-likeness (QED) is 0.734. The van der Waals surface area contributed by atoms with Gasteiger partial charge in [0, 0.05) is 18.1 Å². The van der Waals surface area contributed by atoms with E-state index in [9.17, 15) is 9.59 Å². The van der Waals surface area contributed by atoms with Crippen LogP contribution in [-0.2, 0) is 4.79 Å². The average molecular weight is 359 g/mol. The van der Waals surface area contributed by atoms with Gasteiger partial charge in [-0.2, -0.15) is 0 Å². The van der Waals surface area contributed by atoms with Crippen LogP contribution < -0.4 is 10.6 Å². The molecule has 0 fully saturated rings. The van der Waals surface area contributed by atoms with Gasteiger partial charge in [-0.3, -0.25) is 9.59 Å². The second kappa shape index (κ2) is 7.23. The zero-order chi connectivity index (χ0) is 17.8. The van der Waals surface area contributed by atoms with Crippen molar-refractivity contribution in [3.8, 4) is 5.69 Å². The van der Waals surface area contributed by atoms with E-state index in [2.05, 4.69) is 15.6 Å². The number of carbonyl (C=O) groups excluding carboxylic acids is 2. The molecule has 0 aliphatic rings. The summed E-state index contributed by atoms with van der Waals surface area (Å²) in [6, 6.07) is 7.50.